The quantitative estimate of drug-likeness (QED) is 0.445. The van der Waals surface area contributed by atoms with Gasteiger partial charge in [-0.1, -0.05) is 36.0 Å². The van der Waals surface area contributed by atoms with Crippen molar-refractivity contribution in [3.05, 3.63) is 66.5 Å². The highest BCUT2D eigenvalue weighted by molar-refractivity contribution is 7.99. The molecule has 1 aromatic carbocycles. The summed E-state index contributed by atoms with van der Waals surface area (Å²) in [6.07, 6.45) is 4.92. The Labute approximate surface area is 137 Å². The van der Waals surface area contributed by atoms with Gasteiger partial charge in [-0.05, 0) is 29.8 Å². The molecule has 2 heterocycles. The van der Waals surface area contributed by atoms with Crippen molar-refractivity contribution < 1.29 is 4.79 Å². The number of aromatic nitrogens is 2. The molecule has 0 aliphatic carbocycles. The van der Waals surface area contributed by atoms with Gasteiger partial charge in [-0.2, -0.15) is 5.10 Å². The molecule has 0 unspecified atom stereocenters. The fourth-order valence-corrected chi connectivity index (χ4v) is 2.60. The second-order valence-corrected chi connectivity index (χ2v) is 5.70. The van der Waals surface area contributed by atoms with Crippen LogP contribution >= 0.6 is 11.8 Å². The average molecular weight is 322 g/mol. The fourth-order valence-electron chi connectivity index (χ4n) is 1.93. The third kappa shape index (κ3) is 4.37. The van der Waals surface area contributed by atoms with Gasteiger partial charge in [-0.25, -0.2) is 10.4 Å². The number of hydrazone groups is 1. The first-order valence-electron chi connectivity index (χ1n) is 7.02. The van der Waals surface area contributed by atoms with Gasteiger partial charge >= 0.3 is 0 Å². The number of hydrogen-bond acceptors (Lipinski definition) is 5. The number of benzene rings is 1. The van der Waals surface area contributed by atoms with Crippen LogP contribution in [0.3, 0.4) is 0 Å². The molecule has 1 N–H and O–H groups in total. The number of pyridine rings is 2. The number of fused-ring (bicyclic) bond motifs is 1. The third-order valence-electron chi connectivity index (χ3n) is 3.03. The van der Waals surface area contributed by atoms with Crippen LogP contribution < -0.4 is 5.43 Å². The largest absolute Gasteiger partial charge is 0.272 e. The van der Waals surface area contributed by atoms with Crippen LogP contribution in [0.15, 0.2) is 71.1 Å². The smallest absolute Gasteiger partial charge is 0.250 e. The summed E-state index contributed by atoms with van der Waals surface area (Å²) in [6.45, 7) is 0. The van der Waals surface area contributed by atoms with Crippen LogP contribution in [-0.4, -0.2) is 27.8 Å². The zero-order valence-electron chi connectivity index (χ0n) is 12.2. The van der Waals surface area contributed by atoms with Gasteiger partial charge in [0.05, 0.1) is 22.5 Å². The molecule has 0 fully saturated rings. The summed E-state index contributed by atoms with van der Waals surface area (Å²) in [4.78, 5) is 20.2. The van der Waals surface area contributed by atoms with Gasteiger partial charge in [-0.15, -0.1) is 0 Å². The number of nitrogens with zero attached hydrogens (tertiary/aromatic N) is 3. The first-order valence-corrected chi connectivity index (χ1v) is 8.00. The molecule has 0 atom stereocenters. The molecule has 2 aromatic heterocycles. The van der Waals surface area contributed by atoms with Crippen LogP contribution in [0.25, 0.3) is 10.9 Å². The number of amides is 1. The normalized spacial score (nSPS) is 11.0. The van der Waals surface area contributed by atoms with Crippen molar-refractivity contribution in [1.29, 1.82) is 0 Å². The van der Waals surface area contributed by atoms with Crippen LogP contribution in [0.2, 0.25) is 0 Å². The summed E-state index contributed by atoms with van der Waals surface area (Å²) in [7, 11) is 0. The molecule has 0 aliphatic rings. The van der Waals surface area contributed by atoms with E-state index in [1.807, 2.05) is 48.5 Å². The lowest BCUT2D eigenvalue weighted by Gasteiger charge is -2.02. The number of carbonyl (C=O) groups is 1. The molecule has 0 spiro atoms. The topological polar surface area (TPSA) is 67.2 Å². The van der Waals surface area contributed by atoms with E-state index >= 15 is 0 Å². The predicted octanol–water partition coefficient (Wildman–Crippen LogP) is 2.87. The number of para-hydroxylation sites is 1. The highest BCUT2D eigenvalue weighted by Crippen LogP contribution is 2.19. The van der Waals surface area contributed by atoms with E-state index < -0.39 is 0 Å². The minimum absolute atomic E-state index is 0.171. The Kier molecular flexibility index (Phi) is 4.95. The molecule has 3 aromatic rings. The Morgan fingerprint density at radius 1 is 1.13 bits per heavy atom. The van der Waals surface area contributed by atoms with Crippen molar-refractivity contribution in [2.45, 2.75) is 5.03 Å². The predicted molar refractivity (Wildman–Crippen MR) is 92.4 cm³/mol. The van der Waals surface area contributed by atoms with Gasteiger partial charge in [0.25, 0.3) is 0 Å². The van der Waals surface area contributed by atoms with E-state index in [4.69, 9.17) is 0 Å². The van der Waals surface area contributed by atoms with Crippen molar-refractivity contribution in [3.63, 3.8) is 0 Å². The minimum Gasteiger partial charge on any atom is -0.272 e. The van der Waals surface area contributed by atoms with E-state index in [0.29, 0.717) is 0 Å². The molecule has 6 heteroatoms. The monoisotopic (exact) mass is 322 g/mol. The Balaban J connectivity index is 1.52. The molecule has 0 bridgehead atoms. The van der Waals surface area contributed by atoms with E-state index in [1.165, 1.54) is 11.8 Å². The Hall–Kier alpha value is -2.73. The van der Waals surface area contributed by atoms with E-state index in [-0.39, 0.29) is 11.7 Å². The van der Waals surface area contributed by atoms with Gasteiger partial charge in [0.1, 0.15) is 0 Å². The number of carbonyl (C=O) groups excluding carboxylic acids is 1. The van der Waals surface area contributed by atoms with Crippen molar-refractivity contribution in [2.24, 2.45) is 5.10 Å². The highest BCUT2D eigenvalue weighted by atomic mass is 32.2. The van der Waals surface area contributed by atoms with Gasteiger partial charge in [0.2, 0.25) is 5.91 Å². The summed E-state index contributed by atoms with van der Waals surface area (Å²) >= 11 is 1.38. The first kappa shape index (κ1) is 15.2. The summed E-state index contributed by atoms with van der Waals surface area (Å²) in [5.74, 6) is 0.0919. The average Bonchev–Trinajstić information content (AvgIpc) is 2.61. The Bertz CT molecular complexity index is 836. The second kappa shape index (κ2) is 7.51. The fraction of sp³-hybridized carbons (Fsp3) is 0.0588. The highest BCUT2D eigenvalue weighted by Gasteiger charge is 2.03. The lowest BCUT2D eigenvalue weighted by molar-refractivity contribution is -0.118. The standard InChI is InChI=1S/C17H14N4OS/c22-16(21-19-11-13-7-9-18-10-8-13)12-23-17-6-5-14-3-1-2-4-15(14)20-17/h1-11H,12H2,(H,21,22)/b19-11+. The molecule has 5 nitrogen and oxygen atoms in total. The van der Waals surface area contributed by atoms with Crippen molar-refractivity contribution >= 4 is 34.8 Å². The van der Waals surface area contributed by atoms with Crippen molar-refractivity contribution in [2.75, 3.05) is 5.75 Å². The molecule has 0 saturated heterocycles. The van der Waals surface area contributed by atoms with E-state index in [0.717, 1.165) is 21.5 Å². The van der Waals surface area contributed by atoms with Crippen molar-refractivity contribution in [3.8, 4) is 0 Å². The van der Waals surface area contributed by atoms with Gasteiger partial charge in [-0.3, -0.25) is 9.78 Å². The number of nitrogens with one attached hydrogen (secondary N) is 1. The number of thioether (sulfide) groups is 1. The zero-order valence-corrected chi connectivity index (χ0v) is 13.0. The SMILES string of the molecule is O=C(CSc1ccc2ccccc2n1)N/N=C/c1ccncc1. The maximum Gasteiger partial charge on any atom is 0.250 e. The Morgan fingerprint density at radius 2 is 1.96 bits per heavy atom. The van der Waals surface area contributed by atoms with Gasteiger partial charge < -0.3 is 0 Å². The van der Waals surface area contributed by atoms with E-state index in [9.17, 15) is 4.79 Å². The molecule has 1 amide bonds. The zero-order chi connectivity index (χ0) is 15.9. The summed E-state index contributed by atoms with van der Waals surface area (Å²) < 4.78 is 0. The molecule has 3 rings (SSSR count). The summed E-state index contributed by atoms with van der Waals surface area (Å²) in [6, 6.07) is 15.4. The number of hydrogen-bond donors (Lipinski definition) is 1. The summed E-state index contributed by atoms with van der Waals surface area (Å²) in [5, 5.41) is 5.82. The lowest BCUT2D eigenvalue weighted by Crippen LogP contribution is -2.19. The molecular weight excluding hydrogens is 308 g/mol. The lowest BCUT2D eigenvalue weighted by atomic mass is 10.2. The molecule has 0 radical (unpaired) electrons. The first-order chi connectivity index (χ1) is 11.3. The maximum atomic E-state index is 11.8. The molecule has 23 heavy (non-hydrogen) atoms. The summed E-state index contributed by atoms with van der Waals surface area (Å²) in [5.41, 5.74) is 4.30. The van der Waals surface area contributed by atoms with Crippen molar-refractivity contribution in [1.82, 2.24) is 15.4 Å². The minimum atomic E-state index is -0.171. The van der Waals surface area contributed by atoms with E-state index in [2.05, 4.69) is 20.5 Å². The van der Waals surface area contributed by atoms with Crippen LogP contribution in [0.5, 0.6) is 0 Å². The maximum absolute atomic E-state index is 11.8. The molecule has 0 saturated carbocycles. The molecule has 114 valence electrons. The van der Waals surface area contributed by atoms with Gasteiger partial charge in [0, 0.05) is 17.8 Å². The third-order valence-corrected chi connectivity index (χ3v) is 3.96. The number of rotatable bonds is 5. The van der Waals surface area contributed by atoms with Crippen LogP contribution in [0.4, 0.5) is 0 Å². The van der Waals surface area contributed by atoms with Crippen LogP contribution in [-0.2, 0) is 4.79 Å². The molecule has 0 aliphatic heterocycles. The van der Waals surface area contributed by atoms with Gasteiger partial charge in [0.15, 0.2) is 0 Å². The molecular formula is C17H14N4OS. The van der Waals surface area contributed by atoms with Crippen LogP contribution in [0.1, 0.15) is 5.56 Å². The Morgan fingerprint density at radius 3 is 2.83 bits per heavy atom. The van der Waals surface area contributed by atoms with Crippen LogP contribution in [0, 0.1) is 0 Å². The van der Waals surface area contributed by atoms with E-state index in [1.54, 1.807) is 18.6 Å². The second-order valence-electron chi connectivity index (χ2n) is 4.70.